The van der Waals surface area contributed by atoms with Crippen LogP contribution in [0.3, 0.4) is 0 Å². The molecule has 136 valence electrons. The van der Waals surface area contributed by atoms with Gasteiger partial charge < -0.3 is 9.51 Å². The fraction of sp³-hybridized carbons (Fsp3) is 0.182. The second-order valence-electron chi connectivity index (χ2n) is 7.59. The third-order valence-corrected chi connectivity index (χ3v) is 4.80. The predicted octanol–water partition coefficient (Wildman–Crippen LogP) is 5.80. The Morgan fingerprint density at radius 2 is 1.74 bits per heavy atom. The van der Waals surface area contributed by atoms with Crippen LogP contribution in [0.25, 0.3) is 33.4 Å². The molecule has 0 aliphatic carbocycles. The smallest absolute Gasteiger partial charge is 0.260 e. The maximum absolute atomic E-state index is 13.0. The summed E-state index contributed by atoms with van der Waals surface area (Å²) in [6.07, 6.45) is 0. The Morgan fingerprint density at radius 1 is 1.00 bits per heavy atom. The van der Waals surface area contributed by atoms with Crippen molar-refractivity contribution < 1.29 is 4.52 Å². The van der Waals surface area contributed by atoms with Crippen LogP contribution in [0.15, 0.2) is 63.9 Å². The average molecular weight is 379 g/mol. The van der Waals surface area contributed by atoms with Gasteiger partial charge in [0.2, 0.25) is 0 Å². The highest BCUT2D eigenvalue weighted by atomic mass is 35.5. The Morgan fingerprint density at radius 3 is 2.41 bits per heavy atom. The van der Waals surface area contributed by atoms with Crippen LogP contribution < -0.4 is 5.56 Å². The average Bonchev–Trinajstić information content (AvgIpc) is 3.12. The molecule has 4 rings (SSSR count). The first-order valence-electron chi connectivity index (χ1n) is 8.73. The standard InChI is InChI=1S/C22H19ClN2O2/c1-22(2,3)18-12-17(27-25-18)20-19(13-7-5-4-6-8-13)15-11-14(23)9-10-16(15)24-21(20)26/h4-12H,1-3H3,(H,24,26). The Balaban J connectivity index is 2.10. The molecule has 4 aromatic rings. The Labute approximate surface area is 161 Å². The molecule has 2 heterocycles. The summed E-state index contributed by atoms with van der Waals surface area (Å²) in [4.78, 5) is 15.9. The summed E-state index contributed by atoms with van der Waals surface area (Å²) in [7, 11) is 0. The number of nitrogens with zero attached hydrogens (tertiary/aromatic N) is 1. The van der Waals surface area contributed by atoms with E-state index in [1.54, 1.807) is 6.07 Å². The van der Waals surface area contributed by atoms with Crippen LogP contribution in [0.2, 0.25) is 5.02 Å². The molecule has 0 radical (unpaired) electrons. The zero-order chi connectivity index (χ0) is 19.2. The molecule has 1 N–H and O–H groups in total. The summed E-state index contributed by atoms with van der Waals surface area (Å²) in [6, 6.07) is 17.1. The number of rotatable bonds is 2. The molecule has 0 atom stereocenters. The van der Waals surface area contributed by atoms with E-state index in [0.717, 1.165) is 27.7 Å². The quantitative estimate of drug-likeness (QED) is 0.479. The SMILES string of the molecule is CC(C)(C)c1cc(-c2c(-c3ccccc3)c3cc(Cl)ccc3[nH]c2=O)on1. The number of hydrogen-bond donors (Lipinski definition) is 1. The highest BCUT2D eigenvalue weighted by Crippen LogP contribution is 2.37. The molecule has 0 saturated carbocycles. The van der Waals surface area contributed by atoms with Crippen LogP contribution in [-0.2, 0) is 5.41 Å². The van der Waals surface area contributed by atoms with Gasteiger partial charge in [-0.3, -0.25) is 4.79 Å². The lowest BCUT2D eigenvalue weighted by Gasteiger charge is -2.13. The number of aromatic nitrogens is 2. The lowest BCUT2D eigenvalue weighted by atomic mass is 9.90. The number of hydrogen-bond acceptors (Lipinski definition) is 3. The van der Waals surface area contributed by atoms with Gasteiger partial charge in [0.1, 0.15) is 0 Å². The molecule has 0 fully saturated rings. The van der Waals surface area contributed by atoms with Crippen molar-refractivity contribution in [3.8, 4) is 22.5 Å². The van der Waals surface area contributed by atoms with Crippen molar-refractivity contribution in [2.24, 2.45) is 0 Å². The van der Waals surface area contributed by atoms with Crippen LogP contribution in [0.5, 0.6) is 0 Å². The van der Waals surface area contributed by atoms with Gasteiger partial charge in [0, 0.05) is 33.0 Å². The highest BCUT2D eigenvalue weighted by Gasteiger charge is 2.24. The third-order valence-electron chi connectivity index (χ3n) is 4.56. The van der Waals surface area contributed by atoms with Gasteiger partial charge in [0.15, 0.2) is 5.76 Å². The first kappa shape index (κ1) is 17.6. The molecule has 4 nitrogen and oxygen atoms in total. The Hall–Kier alpha value is -2.85. The monoisotopic (exact) mass is 378 g/mol. The van der Waals surface area contributed by atoms with Crippen LogP contribution in [0.1, 0.15) is 26.5 Å². The molecule has 5 heteroatoms. The number of benzene rings is 2. The molecule has 0 aliphatic rings. The lowest BCUT2D eigenvalue weighted by Crippen LogP contribution is -2.12. The number of aromatic amines is 1. The van der Waals surface area contributed by atoms with Crippen LogP contribution in [-0.4, -0.2) is 10.1 Å². The largest absolute Gasteiger partial charge is 0.356 e. The van der Waals surface area contributed by atoms with Crippen molar-refractivity contribution in [1.82, 2.24) is 10.1 Å². The zero-order valence-electron chi connectivity index (χ0n) is 15.3. The van der Waals surface area contributed by atoms with Gasteiger partial charge in [-0.05, 0) is 23.8 Å². The minimum Gasteiger partial charge on any atom is -0.356 e. The molecular weight excluding hydrogens is 360 g/mol. The summed E-state index contributed by atoms with van der Waals surface area (Å²) in [6.45, 7) is 6.16. The van der Waals surface area contributed by atoms with Gasteiger partial charge in [-0.1, -0.05) is 67.9 Å². The van der Waals surface area contributed by atoms with Gasteiger partial charge >= 0.3 is 0 Å². The molecule has 0 bridgehead atoms. The Bertz CT molecular complexity index is 1180. The zero-order valence-corrected chi connectivity index (χ0v) is 16.1. The predicted molar refractivity (Wildman–Crippen MR) is 109 cm³/mol. The van der Waals surface area contributed by atoms with Gasteiger partial charge in [0.05, 0.1) is 11.3 Å². The van der Waals surface area contributed by atoms with E-state index in [9.17, 15) is 4.79 Å². The number of fused-ring (bicyclic) bond motifs is 1. The number of halogens is 1. The fourth-order valence-electron chi connectivity index (χ4n) is 3.15. The summed E-state index contributed by atoms with van der Waals surface area (Å²) in [5, 5.41) is 5.64. The van der Waals surface area contributed by atoms with Crippen molar-refractivity contribution >= 4 is 22.5 Å². The molecule has 0 amide bonds. The van der Waals surface area contributed by atoms with Crippen molar-refractivity contribution in [3.63, 3.8) is 0 Å². The van der Waals surface area contributed by atoms with Gasteiger partial charge in [-0.25, -0.2) is 0 Å². The molecular formula is C22H19ClN2O2. The number of pyridine rings is 1. The molecule has 27 heavy (non-hydrogen) atoms. The van der Waals surface area contributed by atoms with Gasteiger partial charge in [0.25, 0.3) is 5.56 Å². The van der Waals surface area contributed by atoms with E-state index in [1.165, 1.54) is 0 Å². The first-order valence-corrected chi connectivity index (χ1v) is 9.11. The summed E-state index contributed by atoms with van der Waals surface area (Å²) in [5.74, 6) is 0.446. The van der Waals surface area contributed by atoms with E-state index in [0.29, 0.717) is 16.3 Å². The minimum atomic E-state index is -0.222. The molecule has 2 aromatic carbocycles. The minimum absolute atomic E-state index is 0.179. The van der Waals surface area contributed by atoms with Crippen molar-refractivity contribution in [3.05, 3.63) is 75.7 Å². The second kappa shape index (κ2) is 6.39. The van der Waals surface area contributed by atoms with Crippen LogP contribution in [0, 0.1) is 0 Å². The molecule has 2 aromatic heterocycles. The molecule has 0 aliphatic heterocycles. The topological polar surface area (TPSA) is 58.9 Å². The fourth-order valence-corrected chi connectivity index (χ4v) is 3.32. The van der Waals surface area contributed by atoms with E-state index in [-0.39, 0.29) is 11.0 Å². The maximum atomic E-state index is 13.0. The van der Waals surface area contributed by atoms with E-state index in [1.807, 2.05) is 48.5 Å². The van der Waals surface area contributed by atoms with Crippen LogP contribution >= 0.6 is 11.6 Å². The van der Waals surface area contributed by atoms with E-state index in [2.05, 4.69) is 30.9 Å². The van der Waals surface area contributed by atoms with Crippen molar-refractivity contribution in [2.75, 3.05) is 0 Å². The van der Waals surface area contributed by atoms with Gasteiger partial charge in [-0.15, -0.1) is 0 Å². The highest BCUT2D eigenvalue weighted by molar-refractivity contribution is 6.31. The normalized spacial score (nSPS) is 11.9. The van der Waals surface area contributed by atoms with E-state index in [4.69, 9.17) is 16.1 Å². The molecule has 0 saturated heterocycles. The number of nitrogens with one attached hydrogen (secondary N) is 1. The van der Waals surface area contributed by atoms with Gasteiger partial charge in [-0.2, -0.15) is 0 Å². The maximum Gasteiger partial charge on any atom is 0.260 e. The molecule has 0 unspecified atom stereocenters. The lowest BCUT2D eigenvalue weighted by molar-refractivity contribution is 0.402. The summed E-state index contributed by atoms with van der Waals surface area (Å²) in [5.41, 5.74) is 3.28. The van der Waals surface area contributed by atoms with Crippen molar-refractivity contribution in [2.45, 2.75) is 26.2 Å². The third kappa shape index (κ3) is 3.17. The molecule has 0 spiro atoms. The first-order chi connectivity index (χ1) is 12.8. The van der Waals surface area contributed by atoms with Crippen molar-refractivity contribution in [1.29, 1.82) is 0 Å². The van der Waals surface area contributed by atoms with E-state index >= 15 is 0 Å². The number of H-pyrrole nitrogens is 1. The van der Waals surface area contributed by atoms with Crippen LogP contribution in [0.4, 0.5) is 0 Å². The van der Waals surface area contributed by atoms with E-state index < -0.39 is 0 Å². The second-order valence-corrected chi connectivity index (χ2v) is 8.02. The summed E-state index contributed by atoms with van der Waals surface area (Å²) >= 11 is 6.25. The summed E-state index contributed by atoms with van der Waals surface area (Å²) < 4.78 is 5.60. The Kier molecular flexibility index (Phi) is 4.16.